The molecule has 98 valence electrons. The number of rotatable bonds is 2. The number of anilines is 1. The standard InChI is InChI=1S/C12H16IN3O2/c1-12(2)8-15(6-5-14-12)11-4-3-9(16(17)18)7-10(11)13/h3-4,7,14H,5-6,8H2,1-2H3. The molecule has 0 radical (unpaired) electrons. The van der Waals surface area contributed by atoms with E-state index in [2.05, 4.69) is 46.7 Å². The maximum absolute atomic E-state index is 10.7. The summed E-state index contributed by atoms with van der Waals surface area (Å²) in [5.74, 6) is 0. The number of non-ortho nitro benzene ring substituents is 1. The second-order valence-corrected chi connectivity index (χ2v) is 6.29. The highest BCUT2D eigenvalue weighted by atomic mass is 127. The topological polar surface area (TPSA) is 58.4 Å². The summed E-state index contributed by atoms with van der Waals surface area (Å²) in [6.07, 6.45) is 0. The number of nitro groups is 1. The van der Waals surface area contributed by atoms with E-state index < -0.39 is 0 Å². The van der Waals surface area contributed by atoms with Crippen LogP contribution in [-0.4, -0.2) is 30.1 Å². The zero-order valence-corrected chi connectivity index (χ0v) is 12.6. The number of piperazine rings is 1. The number of nitrogens with one attached hydrogen (secondary N) is 1. The predicted octanol–water partition coefficient (Wildman–Crippen LogP) is 2.39. The molecule has 0 amide bonds. The van der Waals surface area contributed by atoms with Crippen LogP contribution in [0.5, 0.6) is 0 Å². The Balaban J connectivity index is 2.26. The Bertz CT molecular complexity index is 476. The Morgan fingerprint density at radius 3 is 2.78 bits per heavy atom. The minimum absolute atomic E-state index is 0.0725. The van der Waals surface area contributed by atoms with Crippen molar-refractivity contribution >= 4 is 34.0 Å². The zero-order chi connectivity index (χ0) is 13.3. The summed E-state index contributed by atoms with van der Waals surface area (Å²) in [5.41, 5.74) is 1.30. The molecule has 0 bridgehead atoms. The SMILES string of the molecule is CC1(C)CN(c2ccc([N+](=O)[O-])cc2I)CCN1. The summed E-state index contributed by atoms with van der Waals surface area (Å²) in [4.78, 5) is 12.6. The fraction of sp³-hybridized carbons (Fsp3) is 0.500. The van der Waals surface area contributed by atoms with Gasteiger partial charge in [0.2, 0.25) is 0 Å². The van der Waals surface area contributed by atoms with E-state index in [9.17, 15) is 10.1 Å². The van der Waals surface area contributed by atoms with Crippen molar-refractivity contribution < 1.29 is 4.92 Å². The first-order valence-electron chi connectivity index (χ1n) is 5.83. The van der Waals surface area contributed by atoms with Gasteiger partial charge in [-0.05, 0) is 42.5 Å². The molecule has 1 N–H and O–H groups in total. The molecule has 6 heteroatoms. The minimum atomic E-state index is -0.354. The van der Waals surface area contributed by atoms with Crippen LogP contribution in [0.15, 0.2) is 18.2 Å². The van der Waals surface area contributed by atoms with Crippen molar-refractivity contribution in [3.05, 3.63) is 31.9 Å². The van der Waals surface area contributed by atoms with Crippen LogP contribution in [0.1, 0.15) is 13.8 Å². The van der Waals surface area contributed by atoms with Crippen LogP contribution in [0.2, 0.25) is 0 Å². The number of hydrogen-bond donors (Lipinski definition) is 1. The molecule has 1 aliphatic rings. The first-order valence-corrected chi connectivity index (χ1v) is 6.91. The van der Waals surface area contributed by atoms with Crippen LogP contribution in [0.3, 0.4) is 0 Å². The van der Waals surface area contributed by atoms with Crippen molar-refractivity contribution in [3.8, 4) is 0 Å². The van der Waals surface area contributed by atoms with Crippen molar-refractivity contribution in [2.75, 3.05) is 24.5 Å². The maximum Gasteiger partial charge on any atom is 0.270 e. The van der Waals surface area contributed by atoms with Gasteiger partial charge in [-0.15, -0.1) is 0 Å². The van der Waals surface area contributed by atoms with Crippen LogP contribution < -0.4 is 10.2 Å². The van der Waals surface area contributed by atoms with E-state index in [1.807, 2.05) is 6.07 Å². The van der Waals surface area contributed by atoms with E-state index in [0.29, 0.717) is 0 Å². The van der Waals surface area contributed by atoms with E-state index in [0.717, 1.165) is 28.9 Å². The predicted molar refractivity (Wildman–Crippen MR) is 80.1 cm³/mol. The van der Waals surface area contributed by atoms with Crippen molar-refractivity contribution in [1.29, 1.82) is 0 Å². The van der Waals surface area contributed by atoms with Crippen molar-refractivity contribution in [1.82, 2.24) is 5.32 Å². The molecule has 0 atom stereocenters. The summed E-state index contributed by atoms with van der Waals surface area (Å²) in [6.45, 7) is 7.09. The number of hydrogen-bond acceptors (Lipinski definition) is 4. The van der Waals surface area contributed by atoms with Crippen molar-refractivity contribution in [2.45, 2.75) is 19.4 Å². The van der Waals surface area contributed by atoms with Crippen molar-refractivity contribution in [2.24, 2.45) is 0 Å². The molecule has 1 aliphatic heterocycles. The number of halogens is 1. The molecule has 0 aromatic heterocycles. The summed E-state index contributed by atoms with van der Waals surface area (Å²) >= 11 is 2.17. The Hall–Kier alpha value is -0.890. The second-order valence-electron chi connectivity index (χ2n) is 5.13. The fourth-order valence-corrected chi connectivity index (χ4v) is 3.05. The van der Waals surface area contributed by atoms with Crippen LogP contribution in [0, 0.1) is 13.7 Å². The largest absolute Gasteiger partial charge is 0.368 e. The Morgan fingerprint density at radius 1 is 1.50 bits per heavy atom. The van der Waals surface area contributed by atoms with Gasteiger partial charge in [-0.3, -0.25) is 10.1 Å². The smallest absolute Gasteiger partial charge is 0.270 e. The number of nitrogens with zero attached hydrogens (tertiary/aromatic N) is 2. The monoisotopic (exact) mass is 361 g/mol. The molecule has 0 saturated carbocycles. The van der Waals surface area contributed by atoms with Crippen LogP contribution in [0.4, 0.5) is 11.4 Å². The molecule has 2 rings (SSSR count). The quantitative estimate of drug-likeness (QED) is 0.499. The second kappa shape index (κ2) is 5.00. The van der Waals surface area contributed by atoms with Crippen molar-refractivity contribution in [3.63, 3.8) is 0 Å². The van der Waals surface area contributed by atoms with E-state index in [1.165, 1.54) is 0 Å². The molecular weight excluding hydrogens is 345 g/mol. The highest BCUT2D eigenvalue weighted by Crippen LogP contribution is 2.28. The molecule has 0 aliphatic carbocycles. The lowest BCUT2D eigenvalue weighted by molar-refractivity contribution is -0.384. The third kappa shape index (κ3) is 2.92. The molecule has 1 fully saturated rings. The van der Waals surface area contributed by atoms with Crippen LogP contribution in [0.25, 0.3) is 0 Å². The van der Waals surface area contributed by atoms with Gasteiger partial charge in [0.05, 0.1) is 10.6 Å². The van der Waals surface area contributed by atoms with Gasteiger partial charge in [0, 0.05) is 40.9 Å². The van der Waals surface area contributed by atoms with Gasteiger partial charge in [-0.1, -0.05) is 0 Å². The Kier molecular flexibility index (Phi) is 3.76. The summed E-state index contributed by atoms with van der Waals surface area (Å²) in [6, 6.07) is 5.05. The molecule has 1 aromatic rings. The average molecular weight is 361 g/mol. The molecule has 1 aromatic carbocycles. The summed E-state index contributed by atoms with van der Waals surface area (Å²) in [7, 11) is 0. The lowest BCUT2D eigenvalue weighted by atomic mass is 10.0. The van der Waals surface area contributed by atoms with Gasteiger partial charge in [-0.2, -0.15) is 0 Å². The third-order valence-electron chi connectivity index (χ3n) is 3.05. The number of nitro benzene ring substituents is 1. The Morgan fingerprint density at radius 2 is 2.22 bits per heavy atom. The van der Waals surface area contributed by atoms with E-state index in [1.54, 1.807) is 12.1 Å². The van der Waals surface area contributed by atoms with E-state index in [-0.39, 0.29) is 16.1 Å². The lowest BCUT2D eigenvalue weighted by Gasteiger charge is -2.40. The van der Waals surface area contributed by atoms with Crippen LogP contribution >= 0.6 is 22.6 Å². The van der Waals surface area contributed by atoms with Crippen LogP contribution in [-0.2, 0) is 0 Å². The van der Waals surface area contributed by atoms with E-state index in [4.69, 9.17) is 0 Å². The average Bonchev–Trinajstić information content (AvgIpc) is 2.27. The van der Waals surface area contributed by atoms with Gasteiger partial charge in [-0.25, -0.2) is 0 Å². The fourth-order valence-electron chi connectivity index (χ4n) is 2.21. The molecule has 5 nitrogen and oxygen atoms in total. The minimum Gasteiger partial charge on any atom is -0.368 e. The summed E-state index contributed by atoms with van der Waals surface area (Å²) in [5, 5.41) is 14.2. The first-order chi connectivity index (χ1) is 8.39. The molecule has 0 unspecified atom stereocenters. The molecule has 1 heterocycles. The van der Waals surface area contributed by atoms with Gasteiger partial charge < -0.3 is 10.2 Å². The molecule has 0 spiro atoms. The van der Waals surface area contributed by atoms with Gasteiger partial charge in [0.15, 0.2) is 0 Å². The van der Waals surface area contributed by atoms with E-state index >= 15 is 0 Å². The maximum atomic E-state index is 10.7. The zero-order valence-electron chi connectivity index (χ0n) is 10.4. The molecular formula is C12H16IN3O2. The highest BCUT2D eigenvalue weighted by Gasteiger charge is 2.27. The number of benzene rings is 1. The molecule has 18 heavy (non-hydrogen) atoms. The van der Waals surface area contributed by atoms with Gasteiger partial charge in [0.25, 0.3) is 5.69 Å². The third-order valence-corrected chi connectivity index (χ3v) is 3.92. The first kappa shape index (κ1) is 13.5. The summed E-state index contributed by atoms with van der Waals surface area (Å²) < 4.78 is 0.930. The molecule has 1 saturated heterocycles. The normalized spacial score (nSPS) is 18.7. The Labute approximate surface area is 120 Å². The lowest BCUT2D eigenvalue weighted by Crippen LogP contribution is -2.57. The highest BCUT2D eigenvalue weighted by molar-refractivity contribution is 14.1. The van der Waals surface area contributed by atoms with Gasteiger partial charge >= 0.3 is 0 Å². The van der Waals surface area contributed by atoms with Gasteiger partial charge in [0.1, 0.15) is 0 Å².